The molecule has 1 heterocycles. The van der Waals surface area contributed by atoms with E-state index in [9.17, 15) is 4.79 Å². The summed E-state index contributed by atoms with van der Waals surface area (Å²) < 4.78 is 11.7. The van der Waals surface area contributed by atoms with E-state index in [4.69, 9.17) is 14.6 Å². The van der Waals surface area contributed by atoms with Crippen LogP contribution in [0.2, 0.25) is 0 Å². The van der Waals surface area contributed by atoms with Gasteiger partial charge >= 0.3 is 5.97 Å². The van der Waals surface area contributed by atoms with Crippen molar-refractivity contribution >= 4 is 12.0 Å². The fraction of sp³-hybridized carbons (Fsp3) is 0.444. The van der Waals surface area contributed by atoms with Crippen molar-refractivity contribution < 1.29 is 19.4 Å². The number of carboxylic acids is 1. The second-order valence-electron chi connectivity index (χ2n) is 10.4. The molecule has 4 nitrogen and oxygen atoms in total. The van der Waals surface area contributed by atoms with Crippen molar-refractivity contribution in [1.82, 2.24) is 0 Å². The first-order valence-electron chi connectivity index (χ1n) is 10.9. The standard InChI is InChI=1S/C27H32O4/c1-25(2)11-12-26(3,4)20-15-18(8-9-19(20)25)27(5)16-31-24-21(27)13-17(7-10-23(28)29)14-22(24)30-6/h7-10,13-15H,11-12,16H2,1-6H3,(H,28,29)/b10-7+. The predicted octanol–water partition coefficient (Wildman–Crippen LogP) is 5.84. The largest absolute Gasteiger partial charge is 0.493 e. The molecule has 1 N–H and O–H groups in total. The highest BCUT2D eigenvalue weighted by Crippen LogP contribution is 2.51. The fourth-order valence-electron chi connectivity index (χ4n) is 5.06. The van der Waals surface area contributed by atoms with E-state index in [1.54, 1.807) is 13.2 Å². The van der Waals surface area contributed by atoms with E-state index in [2.05, 4.69) is 52.8 Å². The van der Waals surface area contributed by atoms with Crippen molar-refractivity contribution in [3.8, 4) is 11.5 Å². The van der Waals surface area contributed by atoms with Gasteiger partial charge in [-0.05, 0) is 71.1 Å². The van der Waals surface area contributed by atoms with Crippen LogP contribution in [0.1, 0.15) is 75.3 Å². The van der Waals surface area contributed by atoms with Gasteiger partial charge in [-0.15, -0.1) is 0 Å². The first kappa shape index (κ1) is 21.5. The highest BCUT2D eigenvalue weighted by Gasteiger charge is 2.43. The van der Waals surface area contributed by atoms with Gasteiger partial charge in [0.25, 0.3) is 0 Å². The van der Waals surface area contributed by atoms with E-state index >= 15 is 0 Å². The average Bonchev–Trinajstić information content (AvgIpc) is 3.07. The molecule has 4 rings (SSSR count). The van der Waals surface area contributed by atoms with Crippen molar-refractivity contribution in [2.24, 2.45) is 0 Å². The van der Waals surface area contributed by atoms with Crippen molar-refractivity contribution in [3.05, 3.63) is 64.2 Å². The molecular formula is C27H32O4. The van der Waals surface area contributed by atoms with Gasteiger partial charge in [0.2, 0.25) is 0 Å². The van der Waals surface area contributed by atoms with Gasteiger partial charge in [-0.25, -0.2) is 4.79 Å². The second kappa shape index (κ2) is 7.15. The van der Waals surface area contributed by atoms with Crippen LogP contribution in [0, 0.1) is 0 Å². The number of carboxylic acid groups (broad SMARTS) is 1. The Morgan fingerprint density at radius 3 is 2.32 bits per heavy atom. The molecule has 0 bridgehead atoms. The number of methoxy groups -OCH3 is 1. The van der Waals surface area contributed by atoms with E-state index in [-0.39, 0.29) is 16.2 Å². The molecule has 2 aromatic carbocycles. The van der Waals surface area contributed by atoms with Crippen LogP contribution in [-0.4, -0.2) is 24.8 Å². The van der Waals surface area contributed by atoms with Crippen LogP contribution in [0.3, 0.4) is 0 Å². The summed E-state index contributed by atoms with van der Waals surface area (Å²) in [4.78, 5) is 11.0. The third-order valence-corrected chi connectivity index (χ3v) is 7.31. The summed E-state index contributed by atoms with van der Waals surface area (Å²) in [5.74, 6) is 0.401. The van der Waals surface area contributed by atoms with E-state index in [0.717, 1.165) is 29.4 Å². The summed E-state index contributed by atoms with van der Waals surface area (Å²) in [6.45, 7) is 12.1. The van der Waals surface area contributed by atoms with Crippen molar-refractivity contribution in [1.29, 1.82) is 0 Å². The summed E-state index contributed by atoms with van der Waals surface area (Å²) in [6, 6.07) is 10.8. The summed E-state index contributed by atoms with van der Waals surface area (Å²) in [5.41, 5.74) is 5.85. The maximum Gasteiger partial charge on any atom is 0.328 e. The van der Waals surface area contributed by atoms with Gasteiger partial charge in [0.05, 0.1) is 12.5 Å². The Labute approximate surface area is 184 Å². The predicted molar refractivity (Wildman–Crippen MR) is 123 cm³/mol. The lowest BCUT2D eigenvalue weighted by molar-refractivity contribution is -0.131. The Morgan fingerprint density at radius 2 is 1.68 bits per heavy atom. The van der Waals surface area contributed by atoms with Crippen LogP contribution in [0.15, 0.2) is 36.4 Å². The highest BCUT2D eigenvalue weighted by atomic mass is 16.5. The fourth-order valence-corrected chi connectivity index (χ4v) is 5.06. The molecule has 31 heavy (non-hydrogen) atoms. The molecule has 1 atom stereocenters. The Hall–Kier alpha value is -2.75. The molecule has 2 aromatic rings. The molecule has 2 aliphatic rings. The van der Waals surface area contributed by atoms with Gasteiger partial charge in [-0.1, -0.05) is 45.9 Å². The zero-order valence-electron chi connectivity index (χ0n) is 19.3. The highest BCUT2D eigenvalue weighted by molar-refractivity contribution is 5.85. The van der Waals surface area contributed by atoms with Gasteiger partial charge in [0, 0.05) is 11.6 Å². The Balaban J connectivity index is 1.87. The minimum absolute atomic E-state index is 0.128. The summed E-state index contributed by atoms with van der Waals surface area (Å²) in [7, 11) is 1.61. The Bertz CT molecular complexity index is 1080. The van der Waals surface area contributed by atoms with Gasteiger partial charge in [0.15, 0.2) is 11.5 Å². The molecule has 1 aliphatic heterocycles. The molecule has 1 unspecified atom stereocenters. The molecule has 4 heteroatoms. The summed E-state index contributed by atoms with van der Waals surface area (Å²) in [5, 5.41) is 9.04. The number of aliphatic carboxylic acids is 1. The van der Waals surface area contributed by atoms with Gasteiger partial charge in [-0.3, -0.25) is 0 Å². The SMILES string of the molecule is COc1cc(/C=C/C(=O)O)cc2c1OCC2(C)c1ccc2c(c1)C(C)(C)CCC2(C)C. The number of rotatable bonds is 4. The molecule has 0 amide bonds. The lowest BCUT2D eigenvalue weighted by Gasteiger charge is -2.42. The third-order valence-electron chi connectivity index (χ3n) is 7.31. The first-order valence-corrected chi connectivity index (χ1v) is 10.9. The number of hydrogen-bond acceptors (Lipinski definition) is 3. The van der Waals surface area contributed by atoms with E-state index in [1.165, 1.54) is 23.1 Å². The number of carbonyl (C=O) groups is 1. The topological polar surface area (TPSA) is 55.8 Å². The molecule has 0 saturated carbocycles. The maximum absolute atomic E-state index is 11.0. The minimum atomic E-state index is -0.974. The van der Waals surface area contributed by atoms with Crippen molar-refractivity contribution in [3.63, 3.8) is 0 Å². The second-order valence-corrected chi connectivity index (χ2v) is 10.4. The first-order chi connectivity index (χ1) is 14.5. The summed E-state index contributed by atoms with van der Waals surface area (Å²) in [6.07, 6.45) is 5.10. The van der Waals surface area contributed by atoms with Gasteiger partial charge in [0.1, 0.15) is 6.61 Å². The van der Waals surface area contributed by atoms with Crippen LogP contribution in [-0.2, 0) is 21.0 Å². The molecule has 0 saturated heterocycles. The van der Waals surface area contributed by atoms with Crippen LogP contribution in [0.4, 0.5) is 0 Å². The Kier molecular flexibility index (Phi) is 4.95. The summed E-state index contributed by atoms with van der Waals surface area (Å²) >= 11 is 0. The van der Waals surface area contributed by atoms with E-state index < -0.39 is 5.97 Å². The molecule has 164 valence electrons. The maximum atomic E-state index is 11.0. The lowest BCUT2D eigenvalue weighted by atomic mass is 9.62. The van der Waals surface area contributed by atoms with Crippen LogP contribution in [0.5, 0.6) is 11.5 Å². The number of benzene rings is 2. The monoisotopic (exact) mass is 420 g/mol. The zero-order chi connectivity index (χ0) is 22.6. The smallest absolute Gasteiger partial charge is 0.328 e. The molecule has 0 fully saturated rings. The van der Waals surface area contributed by atoms with Crippen molar-refractivity contribution in [2.75, 3.05) is 13.7 Å². The minimum Gasteiger partial charge on any atom is -0.493 e. The normalized spacial score (nSPS) is 23.2. The van der Waals surface area contributed by atoms with Crippen LogP contribution in [0.25, 0.3) is 6.08 Å². The molecule has 1 aliphatic carbocycles. The number of fused-ring (bicyclic) bond motifs is 2. The molecule has 0 spiro atoms. The molecule has 0 radical (unpaired) electrons. The van der Waals surface area contributed by atoms with Crippen molar-refractivity contribution in [2.45, 2.75) is 63.7 Å². The van der Waals surface area contributed by atoms with Crippen LogP contribution < -0.4 is 9.47 Å². The quantitative estimate of drug-likeness (QED) is 0.631. The Morgan fingerprint density at radius 1 is 1.00 bits per heavy atom. The van der Waals surface area contributed by atoms with E-state index in [1.807, 2.05) is 12.1 Å². The molecule has 0 aromatic heterocycles. The van der Waals surface area contributed by atoms with Crippen LogP contribution >= 0.6 is 0 Å². The lowest BCUT2D eigenvalue weighted by Crippen LogP contribution is -2.35. The van der Waals surface area contributed by atoms with E-state index in [0.29, 0.717) is 12.4 Å². The van der Waals surface area contributed by atoms with Gasteiger partial charge in [-0.2, -0.15) is 0 Å². The van der Waals surface area contributed by atoms with Gasteiger partial charge < -0.3 is 14.6 Å². The third kappa shape index (κ3) is 3.52. The average molecular weight is 421 g/mol. The number of ether oxygens (including phenoxy) is 2. The zero-order valence-corrected chi connectivity index (χ0v) is 19.3. The molecular weight excluding hydrogens is 388 g/mol. The number of hydrogen-bond donors (Lipinski definition) is 1.